The highest BCUT2D eigenvalue weighted by Gasteiger charge is 2.32. The summed E-state index contributed by atoms with van der Waals surface area (Å²) >= 11 is 11.9. The van der Waals surface area contributed by atoms with E-state index in [9.17, 15) is 26.3 Å². The van der Waals surface area contributed by atoms with Crippen LogP contribution in [0.1, 0.15) is 11.1 Å². The van der Waals surface area contributed by atoms with Gasteiger partial charge in [-0.05, 0) is 72.8 Å². The van der Waals surface area contributed by atoms with Gasteiger partial charge in [-0.1, -0.05) is 56.9 Å². The predicted octanol–water partition coefficient (Wildman–Crippen LogP) is 11.4. The first-order valence-corrected chi connectivity index (χ1v) is 13.4. The van der Waals surface area contributed by atoms with Crippen molar-refractivity contribution in [3.63, 3.8) is 0 Å². The molecule has 0 saturated heterocycles. The normalized spacial score (nSPS) is 11.9. The van der Waals surface area contributed by atoms with Crippen molar-refractivity contribution in [3.8, 4) is 23.0 Å². The van der Waals surface area contributed by atoms with Gasteiger partial charge >= 0.3 is 12.4 Å². The summed E-state index contributed by atoms with van der Waals surface area (Å²) in [4.78, 5) is 1.57. The van der Waals surface area contributed by atoms with E-state index in [0.717, 1.165) is 46.2 Å². The van der Waals surface area contributed by atoms with Gasteiger partial charge in [0, 0.05) is 9.79 Å². The Morgan fingerprint density at radius 1 is 0.526 bits per heavy atom. The molecule has 4 aromatic carbocycles. The molecule has 0 aliphatic carbocycles. The summed E-state index contributed by atoms with van der Waals surface area (Å²) < 4.78 is 88.5. The first kappa shape index (κ1) is 28.4. The third kappa shape index (κ3) is 7.47. The minimum absolute atomic E-state index is 0.0845. The topological polar surface area (TPSA) is 18.5 Å². The first-order chi connectivity index (χ1) is 17.9. The number of alkyl halides is 6. The average Bonchev–Trinajstić information content (AvgIpc) is 2.84. The van der Waals surface area contributed by atoms with E-state index >= 15 is 0 Å². The van der Waals surface area contributed by atoms with Gasteiger partial charge in [0.25, 0.3) is 0 Å². The minimum atomic E-state index is -4.51. The van der Waals surface area contributed by atoms with E-state index < -0.39 is 23.5 Å². The Morgan fingerprint density at radius 3 is 1.26 bits per heavy atom. The van der Waals surface area contributed by atoms with Crippen molar-refractivity contribution < 1.29 is 35.8 Å². The third-order valence-corrected chi connectivity index (χ3v) is 7.79. The molecule has 0 saturated carbocycles. The van der Waals surface area contributed by atoms with Crippen LogP contribution in [0.2, 0.25) is 10.0 Å². The molecule has 2 nitrogen and oxygen atoms in total. The van der Waals surface area contributed by atoms with Gasteiger partial charge in [-0.25, -0.2) is 0 Å². The standard InChI is InChI=1S/C26H14Cl2F6O2S2/c27-21-11-15(25(29,30)31)7-9-23(21)35-17-3-1-5-19(13-17)37-38-20-6-2-4-18(14-20)36-24-10-8-16(12-22(24)28)26(32,33)34/h1-14H. The molecule has 0 N–H and O–H groups in total. The Bertz CT molecular complexity index is 1340. The Hall–Kier alpha value is -2.66. The van der Waals surface area contributed by atoms with Crippen LogP contribution in [-0.2, 0) is 12.4 Å². The van der Waals surface area contributed by atoms with Crippen molar-refractivity contribution in [2.45, 2.75) is 22.1 Å². The molecular weight excluding hydrogens is 593 g/mol. The van der Waals surface area contributed by atoms with Crippen LogP contribution < -0.4 is 9.47 Å². The van der Waals surface area contributed by atoms with Crippen molar-refractivity contribution in [1.82, 2.24) is 0 Å². The lowest BCUT2D eigenvalue weighted by Gasteiger charge is -2.12. The number of hydrogen-bond acceptors (Lipinski definition) is 4. The lowest BCUT2D eigenvalue weighted by Crippen LogP contribution is -2.04. The zero-order chi connectivity index (χ0) is 27.5. The molecule has 0 aromatic heterocycles. The van der Waals surface area contributed by atoms with Gasteiger partial charge in [-0.2, -0.15) is 26.3 Å². The highest BCUT2D eigenvalue weighted by Crippen LogP contribution is 2.42. The van der Waals surface area contributed by atoms with E-state index in [4.69, 9.17) is 32.7 Å². The van der Waals surface area contributed by atoms with Gasteiger partial charge in [0.1, 0.15) is 23.0 Å². The Labute approximate surface area is 231 Å². The molecule has 0 atom stereocenters. The summed E-state index contributed by atoms with van der Waals surface area (Å²) in [5.41, 5.74) is -1.75. The van der Waals surface area contributed by atoms with E-state index in [1.54, 1.807) is 36.4 Å². The van der Waals surface area contributed by atoms with Crippen molar-refractivity contribution in [2.75, 3.05) is 0 Å². The number of hydrogen-bond donors (Lipinski definition) is 0. The smallest absolute Gasteiger partial charge is 0.416 e. The Morgan fingerprint density at radius 2 is 0.921 bits per heavy atom. The Balaban J connectivity index is 1.41. The summed E-state index contributed by atoms with van der Waals surface area (Å²) in [6.45, 7) is 0. The first-order valence-electron chi connectivity index (χ1n) is 10.5. The van der Waals surface area contributed by atoms with Crippen molar-refractivity contribution in [1.29, 1.82) is 0 Å². The largest absolute Gasteiger partial charge is 0.456 e. The van der Waals surface area contributed by atoms with Crippen LogP contribution in [0.4, 0.5) is 26.3 Å². The van der Waals surface area contributed by atoms with E-state index in [2.05, 4.69) is 0 Å². The predicted molar refractivity (Wildman–Crippen MR) is 138 cm³/mol. The van der Waals surface area contributed by atoms with Crippen LogP contribution in [0, 0.1) is 0 Å². The molecule has 4 rings (SSSR count). The third-order valence-electron chi connectivity index (χ3n) is 4.82. The second kappa shape index (κ2) is 11.6. The second-order valence-electron chi connectivity index (χ2n) is 7.61. The van der Waals surface area contributed by atoms with Crippen molar-refractivity contribution in [2.24, 2.45) is 0 Å². The van der Waals surface area contributed by atoms with E-state index in [1.807, 2.05) is 12.1 Å². The molecule has 0 radical (unpaired) electrons. The van der Waals surface area contributed by atoms with Crippen LogP contribution in [0.15, 0.2) is 94.7 Å². The summed E-state index contributed by atoms with van der Waals surface area (Å²) in [7, 11) is 2.76. The lowest BCUT2D eigenvalue weighted by molar-refractivity contribution is -0.138. The van der Waals surface area contributed by atoms with Crippen molar-refractivity contribution in [3.05, 3.63) is 106 Å². The quantitative estimate of drug-likeness (QED) is 0.154. The van der Waals surface area contributed by atoms with Gasteiger partial charge in [0.05, 0.1) is 21.2 Å². The maximum Gasteiger partial charge on any atom is 0.416 e. The second-order valence-corrected chi connectivity index (χ2v) is 10.7. The fourth-order valence-electron chi connectivity index (χ4n) is 3.05. The maximum atomic E-state index is 12.9. The van der Waals surface area contributed by atoms with Crippen LogP contribution in [-0.4, -0.2) is 0 Å². The van der Waals surface area contributed by atoms with Gasteiger partial charge in [0.15, 0.2) is 0 Å². The number of benzene rings is 4. The molecule has 0 spiro atoms. The average molecular weight is 607 g/mol. The van der Waals surface area contributed by atoms with E-state index in [-0.39, 0.29) is 21.5 Å². The molecule has 0 fully saturated rings. The molecule has 0 aliphatic rings. The highest BCUT2D eigenvalue weighted by molar-refractivity contribution is 8.76. The number of halogens is 8. The fourth-order valence-corrected chi connectivity index (χ4v) is 5.48. The van der Waals surface area contributed by atoms with E-state index in [0.29, 0.717) is 11.5 Å². The van der Waals surface area contributed by atoms with Crippen LogP contribution in [0.3, 0.4) is 0 Å². The lowest BCUT2D eigenvalue weighted by atomic mass is 10.2. The highest BCUT2D eigenvalue weighted by atomic mass is 35.5. The molecule has 0 unspecified atom stereocenters. The van der Waals surface area contributed by atoms with Gasteiger partial charge in [0.2, 0.25) is 0 Å². The van der Waals surface area contributed by atoms with Crippen molar-refractivity contribution >= 4 is 44.8 Å². The summed E-state index contributed by atoms with van der Waals surface area (Å²) in [5, 5.41) is -0.338. The minimum Gasteiger partial charge on any atom is -0.456 e. The molecule has 198 valence electrons. The van der Waals surface area contributed by atoms with Gasteiger partial charge in [-0.15, -0.1) is 0 Å². The SMILES string of the molecule is FC(F)(F)c1ccc(Oc2cccc(SSc3cccc(Oc4ccc(C(F)(F)F)cc4Cl)c3)c2)c(Cl)c1. The van der Waals surface area contributed by atoms with Crippen LogP contribution >= 0.6 is 44.8 Å². The van der Waals surface area contributed by atoms with Gasteiger partial charge in [-0.3, -0.25) is 0 Å². The molecule has 0 aliphatic heterocycles. The monoisotopic (exact) mass is 606 g/mol. The van der Waals surface area contributed by atoms with E-state index in [1.165, 1.54) is 21.6 Å². The Kier molecular flexibility index (Phi) is 8.66. The van der Waals surface area contributed by atoms with Crippen LogP contribution in [0.25, 0.3) is 0 Å². The molecule has 0 bridgehead atoms. The molecular formula is C26H14Cl2F6O2S2. The molecule has 0 amide bonds. The number of rotatable bonds is 7. The molecule has 4 aromatic rings. The zero-order valence-corrected chi connectivity index (χ0v) is 21.9. The summed E-state index contributed by atoms with van der Waals surface area (Å²) in [6.07, 6.45) is -9.02. The summed E-state index contributed by atoms with van der Waals surface area (Å²) in [6, 6.07) is 19.5. The molecule has 38 heavy (non-hydrogen) atoms. The zero-order valence-electron chi connectivity index (χ0n) is 18.7. The number of ether oxygens (including phenoxy) is 2. The van der Waals surface area contributed by atoms with Gasteiger partial charge < -0.3 is 9.47 Å². The summed E-state index contributed by atoms with van der Waals surface area (Å²) in [5.74, 6) is 0.931. The fraction of sp³-hybridized carbons (Fsp3) is 0.0769. The van der Waals surface area contributed by atoms with Crippen LogP contribution in [0.5, 0.6) is 23.0 Å². The maximum absolute atomic E-state index is 12.9. The molecule has 0 heterocycles. The molecule has 12 heteroatoms.